The number of aromatic nitrogens is 2. The van der Waals surface area contributed by atoms with Crippen LogP contribution in [0.5, 0.6) is 0 Å². The zero-order valence-electron chi connectivity index (χ0n) is 11.5. The molecule has 0 saturated heterocycles. The van der Waals surface area contributed by atoms with Gasteiger partial charge in [0.25, 0.3) is 5.56 Å². The van der Waals surface area contributed by atoms with E-state index in [0.717, 1.165) is 16.9 Å². The van der Waals surface area contributed by atoms with Crippen molar-refractivity contribution in [2.24, 2.45) is 0 Å². The number of aryl methyl sites for hydroxylation is 1. The Morgan fingerprint density at radius 3 is 2.68 bits per heavy atom. The molecule has 0 saturated carbocycles. The Labute approximate surface area is 134 Å². The Bertz CT molecular complexity index is 928. The standard InChI is InChI=1S/C15H11ClN2O3S/c1-8-17-13-12(11(7-22-13)15(20)21)14(19)18(8)6-9-2-4-10(16)5-3-9/h2-5,7H,6H2,1H3,(H,20,21). The summed E-state index contributed by atoms with van der Waals surface area (Å²) in [6.45, 7) is 2.05. The minimum absolute atomic E-state index is 0.00218. The van der Waals surface area contributed by atoms with E-state index in [-0.39, 0.29) is 16.5 Å². The SMILES string of the molecule is Cc1nc2scc(C(=O)O)c2c(=O)n1Cc1ccc(Cl)cc1. The lowest BCUT2D eigenvalue weighted by atomic mass is 10.2. The molecule has 1 N–H and O–H groups in total. The lowest BCUT2D eigenvalue weighted by Gasteiger charge is -2.10. The van der Waals surface area contributed by atoms with Crippen molar-refractivity contribution in [1.82, 2.24) is 9.55 Å². The van der Waals surface area contributed by atoms with Crippen molar-refractivity contribution in [3.05, 3.63) is 62.0 Å². The van der Waals surface area contributed by atoms with Gasteiger partial charge in [0.15, 0.2) is 0 Å². The third-order valence-corrected chi connectivity index (χ3v) is 4.49. The van der Waals surface area contributed by atoms with Crippen LogP contribution in [0.4, 0.5) is 0 Å². The van der Waals surface area contributed by atoms with Crippen molar-refractivity contribution in [3.63, 3.8) is 0 Å². The van der Waals surface area contributed by atoms with Gasteiger partial charge in [0, 0.05) is 10.4 Å². The van der Waals surface area contributed by atoms with Crippen LogP contribution in [-0.2, 0) is 6.54 Å². The molecule has 0 fully saturated rings. The first-order valence-corrected chi connectivity index (χ1v) is 7.69. The zero-order chi connectivity index (χ0) is 15.9. The van der Waals surface area contributed by atoms with E-state index in [2.05, 4.69) is 4.98 Å². The van der Waals surface area contributed by atoms with Crippen LogP contribution in [0, 0.1) is 6.92 Å². The van der Waals surface area contributed by atoms with Gasteiger partial charge in [-0.25, -0.2) is 9.78 Å². The molecular weight excluding hydrogens is 324 g/mol. The molecule has 0 bridgehead atoms. The number of fused-ring (bicyclic) bond motifs is 1. The topological polar surface area (TPSA) is 72.2 Å². The Hall–Kier alpha value is -2.18. The summed E-state index contributed by atoms with van der Waals surface area (Å²) < 4.78 is 1.48. The van der Waals surface area contributed by atoms with Gasteiger partial charge in [-0.1, -0.05) is 23.7 Å². The van der Waals surface area contributed by atoms with Gasteiger partial charge in [0.05, 0.1) is 17.5 Å². The van der Waals surface area contributed by atoms with E-state index in [1.54, 1.807) is 19.1 Å². The highest BCUT2D eigenvalue weighted by Gasteiger charge is 2.18. The summed E-state index contributed by atoms with van der Waals surface area (Å²) in [6.07, 6.45) is 0. The number of hydrogen-bond donors (Lipinski definition) is 1. The molecule has 7 heteroatoms. The number of benzene rings is 1. The molecule has 22 heavy (non-hydrogen) atoms. The van der Waals surface area contributed by atoms with E-state index >= 15 is 0 Å². The molecule has 0 aliphatic heterocycles. The molecule has 5 nitrogen and oxygen atoms in total. The normalized spacial score (nSPS) is 11.0. The molecule has 0 unspecified atom stereocenters. The largest absolute Gasteiger partial charge is 0.478 e. The number of carboxylic acid groups (broad SMARTS) is 1. The summed E-state index contributed by atoms with van der Waals surface area (Å²) in [5.41, 5.74) is 0.557. The molecule has 3 aromatic rings. The van der Waals surface area contributed by atoms with Gasteiger partial charge in [-0.3, -0.25) is 9.36 Å². The summed E-state index contributed by atoms with van der Waals surface area (Å²) in [5.74, 6) is -0.571. The van der Waals surface area contributed by atoms with E-state index in [4.69, 9.17) is 11.6 Å². The predicted octanol–water partition coefficient (Wildman–Crippen LogP) is 3.17. The number of carboxylic acids is 1. The number of halogens is 1. The summed E-state index contributed by atoms with van der Waals surface area (Å²) >= 11 is 7.02. The Morgan fingerprint density at radius 2 is 2.05 bits per heavy atom. The van der Waals surface area contributed by atoms with Gasteiger partial charge in [0.2, 0.25) is 0 Å². The van der Waals surface area contributed by atoms with Crippen LogP contribution in [0.15, 0.2) is 34.4 Å². The van der Waals surface area contributed by atoms with Gasteiger partial charge in [-0.05, 0) is 24.6 Å². The lowest BCUT2D eigenvalue weighted by Crippen LogP contribution is -2.25. The Kier molecular flexibility index (Phi) is 3.72. The Morgan fingerprint density at radius 1 is 1.36 bits per heavy atom. The van der Waals surface area contributed by atoms with E-state index in [0.29, 0.717) is 22.2 Å². The van der Waals surface area contributed by atoms with Crippen LogP contribution < -0.4 is 5.56 Å². The number of aromatic carboxylic acids is 1. The second-order valence-corrected chi connectivity index (χ2v) is 6.11. The first kappa shape index (κ1) is 14.7. The van der Waals surface area contributed by atoms with Gasteiger partial charge < -0.3 is 5.11 Å². The summed E-state index contributed by atoms with van der Waals surface area (Å²) in [5, 5.41) is 11.4. The maximum Gasteiger partial charge on any atom is 0.337 e. The first-order chi connectivity index (χ1) is 10.5. The van der Waals surface area contributed by atoms with Crippen LogP contribution in [0.3, 0.4) is 0 Å². The second-order valence-electron chi connectivity index (χ2n) is 4.81. The summed E-state index contributed by atoms with van der Waals surface area (Å²) in [4.78, 5) is 28.7. The van der Waals surface area contributed by atoms with E-state index in [1.807, 2.05) is 12.1 Å². The van der Waals surface area contributed by atoms with Crippen LogP contribution in [0.25, 0.3) is 10.2 Å². The van der Waals surface area contributed by atoms with Crippen molar-refractivity contribution in [1.29, 1.82) is 0 Å². The number of rotatable bonds is 3. The fraction of sp³-hybridized carbons (Fsp3) is 0.133. The monoisotopic (exact) mass is 334 g/mol. The second kappa shape index (κ2) is 5.55. The van der Waals surface area contributed by atoms with Gasteiger partial charge in [0.1, 0.15) is 10.7 Å². The molecule has 3 rings (SSSR count). The highest BCUT2D eigenvalue weighted by Crippen LogP contribution is 2.22. The van der Waals surface area contributed by atoms with Crippen LogP contribution in [-0.4, -0.2) is 20.6 Å². The molecule has 112 valence electrons. The molecule has 0 aliphatic rings. The highest BCUT2D eigenvalue weighted by molar-refractivity contribution is 7.17. The van der Waals surface area contributed by atoms with E-state index in [9.17, 15) is 14.7 Å². The third-order valence-electron chi connectivity index (χ3n) is 3.37. The zero-order valence-corrected chi connectivity index (χ0v) is 13.1. The molecular formula is C15H11ClN2O3S. The van der Waals surface area contributed by atoms with Gasteiger partial charge in [-0.2, -0.15) is 0 Å². The maximum absolute atomic E-state index is 12.6. The summed E-state index contributed by atoms with van der Waals surface area (Å²) in [7, 11) is 0. The molecule has 2 aromatic heterocycles. The fourth-order valence-corrected chi connectivity index (χ4v) is 3.32. The van der Waals surface area contributed by atoms with Crippen molar-refractivity contribution >= 4 is 39.1 Å². The molecule has 2 heterocycles. The minimum atomic E-state index is -1.12. The van der Waals surface area contributed by atoms with Crippen LogP contribution in [0.1, 0.15) is 21.7 Å². The van der Waals surface area contributed by atoms with Crippen molar-refractivity contribution in [3.8, 4) is 0 Å². The lowest BCUT2D eigenvalue weighted by molar-refractivity contribution is 0.0699. The molecule has 0 aliphatic carbocycles. The van der Waals surface area contributed by atoms with Crippen molar-refractivity contribution < 1.29 is 9.90 Å². The number of nitrogens with zero attached hydrogens (tertiary/aromatic N) is 2. The highest BCUT2D eigenvalue weighted by atomic mass is 35.5. The molecule has 0 radical (unpaired) electrons. The van der Waals surface area contributed by atoms with Crippen molar-refractivity contribution in [2.75, 3.05) is 0 Å². The smallest absolute Gasteiger partial charge is 0.337 e. The average Bonchev–Trinajstić information content (AvgIpc) is 2.89. The number of thiophene rings is 1. The molecule has 0 amide bonds. The van der Waals surface area contributed by atoms with Gasteiger partial charge >= 0.3 is 5.97 Å². The fourth-order valence-electron chi connectivity index (χ4n) is 2.24. The summed E-state index contributed by atoms with van der Waals surface area (Å²) in [6, 6.07) is 7.14. The molecule has 0 atom stereocenters. The van der Waals surface area contributed by atoms with E-state index < -0.39 is 5.97 Å². The Balaban J connectivity index is 2.16. The van der Waals surface area contributed by atoms with Gasteiger partial charge in [-0.15, -0.1) is 11.3 Å². The number of carbonyl (C=O) groups is 1. The molecule has 1 aromatic carbocycles. The van der Waals surface area contributed by atoms with Crippen molar-refractivity contribution in [2.45, 2.75) is 13.5 Å². The maximum atomic E-state index is 12.6. The quantitative estimate of drug-likeness (QED) is 0.798. The molecule has 0 spiro atoms. The van der Waals surface area contributed by atoms with E-state index in [1.165, 1.54) is 9.95 Å². The number of hydrogen-bond acceptors (Lipinski definition) is 4. The first-order valence-electron chi connectivity index (χ1n) is 6.43. The average molecular weight is 335 g/mol. The minimum Gasteiger partial charge on any atom is -0.478 e. The predicted molar refractivity (Wildman–Crippen MR) is 86.1 cm³/mol. The third kappa shape index (κ3) is 2.51. The van der Waals surface area contributed by atoms with Crippen LogP contribution in [0.2, 0.25) is 5.02 Å². The van der Waals surface area contributed by atoms with Crippen LogP contribution >= 0.6 is 22.9 Å².